The molecule has 0 aliphatic carbocycles. The molecule has 226 valence electrons. The van der Waals surface area contributed by atoms with Crippen LogP contribution in [0.5, 0.6) is 0 Å². The molecule has 1 heterocycles. The average molecular weight is 625 g/mol. The van der Waals surface area contributed by atoms with Crippen LogP contribution in [0.3, 0.4) is 0 Å². The molecule has 1 saturated heterocycles. The third-order valence-corrected chi connectivity index (χ3v) is 9.11. The molecule has 0 atom stereocenters. The van der Waals surface area contributed by atoms with Gasteiger partial charge in [0.15, 0.2) is 0 Å². The van der Waals surface area contributed by atoms with Crippen LogP contribution < -0.4 is 20.5 Å². The summed E-state index contributed by atoms with van der Waals surface area (Å²) in [5.41, 5.74) is 2.06. The van der Waals surface area contributed by atoms with E-state index in [1.165, 1.54) is 48.5 Å². The number of carbonyl (C=O) groups excluding carboxylic acids is 1. The van der Waals surface area contributed by atoms with Gasteiger partial charge in [-0.1, -0.05) is 24.3 Å². The van der Waals surface area contributed by atoms with Gasteiger partial charge < -0.3 is 15.5 Å². The Morgan fingerprint density at radius 2 is 1.51 bits per heavy atom. The van der Waals surface area contributed by atoms with Gasteiger partial charge in [0.2, 0.25) is 20.0 Å². The smallest absolute Gasteiger partial charge is 0.323 e. The molecule has 0 bridgehead atoms. The third kappa shape index (κ3) is 8.83. The number of amidine groups is 1. The van der Waals surface area contributed by atoms with Gasteiger partial charge in [0, 0.05) is 62.6 Å². The average Bonchev–Trinajstić information content (AvgIpc) is 2.99. The Morgan fingerprint density at radius 3 is 2.14 bits per heavy atom. The number of hydrogen-bond acceptors (Lipinski definition) is 8. The Labute approximate surface area is 250 Å². The van der Waals surface area contributed by atoms with Crippen molar-refractivity contribution in [3.63, 3.8) is 0 Å². The lowest BCUT2D eigenvalue weighted by Crippen LogP contribution is -2.48. The number of nitrogens with one attached hydrogen (secondary N) is 4. The van der Waals surface area contributed by atoms with Gasteiger partial charge in [-0.05, 0) is 54.1 Å². The number of rotatable bonds is 10. The van der Waals surface area contributed by atoms with Crippen molar-refractivity contribution in [2.24, 2.45) is 5.14 Å². The minimum atomic E-state index is -3.88. The lowest BCUT2D eigenvalue weighted by Gasteiger charge is -2.35. The normalized spacial score (nSPS) is 14.1. The zero-order chi connectivity index (χ0) is 31.0. The summed E-state index contributed by atoms with van der Waals surface area (Å²) in [6.45, 7) is 3.57. The zero-order valence-electron chi connectivity index (χ0n) is 23.2. The molecule has 3 aromatic carbocycles. The Hall–Kier alpha value is -4.33. The van der Waals surface area contributed by atoms with Gasteiger partial charge in [0.1, 0.15) is 5.84 Å². The summed E-state index contributed by atoms with van der Waals surface area (Å²) < 4.78 is 50.6. The van der Waals surface area contributed by atoms with E-state index < -0.39 is 26.1 Å². The van der Waals surface area contributed by atoms with Crippen LogP contribution in [0, 0.1) is 16.7 Å². The first-order chi connectivity index (χ1) is 20.4. The largest absolute Gasteiger partial charge is 0.354 e. The van der Waals surface area contributed by atoms with E-state index in [0.717, 1.165) is 19.6 Å². The van der Waals surface area contributed by atoms with Crippen LogP contribution in [0.1, 0.15) is 17.5 Å². The minimum Gasteiger partial charge on any atom is -0.354 e. The summed E-state index contributed by atoms with van der Waals surface area (Å²) in [5, 5.41) is 27.9. The molecular formula is C28H32N8O5S2. The number of nitrogens with zero attached hydrogens (tertiary/aromatic N) is 3. The van der Waals surface area contributed by atoms with E-state index in [4.69, 9.17) is 15.8 Å². The lowest BCUT2D eigenvalue weighted by molar-refractivity contribution is 0.185. The van der Waals surface area contributed by atoms with Gasteiger partial charge in [-0.3, -0.25) is 10.3 Å². The van der Waals surface area contributed by atoms with Crippen LogP contribution in [-0.4, -0.2) is 71.2 Å². The predicted octanol–water partition coefficient (Wildman–Crippen LogP) is 2.31. The fraction of sp³-hybridized carbons (Fsp3) is 0.250. The lowest BCUT2D eigenvalue weighted by atomic mass is 10.1. The number of anilines is 2. The number of piperazine rings is 1. The van der Waals surface area contributed by atoms with Gasteiger partial charge >= 0.3 is 6.03 Å². The number of amides is 2. The van der Waals surface area contributed by atoms with Crippen LogP contribution in [-0.2, 0) is 26.6 Å². The highest BCUT2D eigenvalue weighted by Gasteiger charge is 2.20. The van der Waals surface area contributed by atoms with E-state index in [0.29, 0.717) is 47.8 Å². The van der Waals surface area contributed by atoms with Crippen LogP contribution >= 0.6 is 0 Å². The van der Waals surface area contributed by atoms with Crippen molar-refractivity contribution in [3.05, 3.63) is 83.9 Å². The third-order valence-electron chi connectivity index (χ3n) is 6.76. The second-order valence-corrected chi connectivity index (χ2v) is 13.1. The first-order valence-corrected chi connectivity index (χ1v) is 16.3. The van der Waals surface area contributed by atoms with E-state index in [1.54, 1.807) is 24.3 Å². The highest BCUT2D eigenvalue weighted by atomic mass is 32.2. The number of hydrogen-bond donors (Lipinski definition) is 5. The van der Waals surface area contributed by atoms with Crippen LogP contribution in [0.15, 0.2) is 82.6 Å². The number of primary sulfonamides is 1. The van der Waals surface area contributed by atoms with Crippen molar-refractivity contribution in [2.75, 3.05) is 43.4 Å². The van der Waals surface area contributed by atoms with Crippen molar-refractivity contribution in [2.45, 2.75) is 22.8 Å². The number of nitrogens with two attached hydrogens (primary N) is 1. The second kappa shape index (κ2) is 13.8. The van der Waals surface area contributed by atoms with Crippen molar-refractivity contribution in [1.29, 1.82) is 10.7 Å². The number of carbonyl (C=O) groups is 1. The zero-order valence-corrected chi connectivity index (χ0v) is 24.8. The molecule has 0 spiro atoms. The monoisotopic (exact) mass is 624 g/mol. The molecule has 4 rings (SSSR count). The maximum Gasteiger partial charge on any atom is 0.323 e. The number of nitriles is 1. The highest BCUT2D eigenvalue weighted by Crippen LogP contribution is 2.18. The van der Waals surface area contributed by atoms with E-state index in [9.17, 15) is 21.6 Å². The predicted molar refractivity (Wildman–Crippen MR) is 162 cm³/mol. The molecule has 3 aromatic rings. The second-order valence-electron chi connectivity index (χ2n) is 9.78. The Kier molecular flexibility index (Phi) is 10.1. The molecule has 0 aromatic heterocycles. The molecule has 0 unspecified atom stereocenters. The maximum absolute atomic E-state index is 12.7. The molecule has 43 heavy (non-hydrogen) atoms. The van der Waals surface area contributed by atoms with Crippen LogP contribution in [0.4, 0.5) is 16.2 Å². The molecule has 1 aliphatic rings. The summed E-state index contributed by atoms with van der Waals surface area (Å²) in [7, 11) is -7.72. The summed E-state index contributed by atoms with van der Waals surface area (Å²) in [6, 6.07) is 19.7. The molecule has 6 N–H and O–H groups in total. The Morgan fingerprint density at radius 1 is 0.884 bits per heavy atom. The van der Waals surface area contributed by atoms with Crippen LogP contribution in [0.25, 0.3) is 0 Å². The van der Waals surface area contributed by atoms with Crippen molar-refractivity contribution >= 4 is 43.3 Å². The first kappa shape index (κ1) is 31.6. The number of benzene rings is 3. The summed E-state index contributed by atoms with van der Waals surface area (Å²) in [5.74, 6) is 0.356. The fourth-order valence-corrected chi connectivity index (χ4v) is 5.93. The minimum absolute atomic E-state index is 0.0169. The van der Waals surface area contributed by atoms with Crippen molar-refractivity contribution < 1.29 is 21.6 Å². The summed E-state index contributed by atoms with van der Waals surface area (Å²) >= 11 is 0. The Balaban J connectivity index is 1.29. The topological polar surface area (TPSA) is 202 Å². The van der Waals surface area contributed by atoms with Gasteiger partial charge in [-0.2, -0.15) is 5.26 Å². The highest BCUT2D eigenvalue weighted by molar-refractivity contribution is 7.89. The molecule has 2 amide bonds. The van der Waals surface area contributed by atoms with Gasteiger partial charge in [-0.25, -0.2) is 31.5 Å². The molecule has 0 radical (unpaired) electrons. The first-order valence-electron chi connectivity index (χ1n) is 13.3. The van der Waals surface area contributed by atoms with E-state index in [2.05, 4.69) is 26.3 Å². The number of sulfonamides is 2. The fourth-order valence-electron chi connectivity index (χ4n) is 4.40. The van der Waals surface area contributed by atoms with E-state index >= 15 is 0 Å². The molecule has 1 fully saturated rings. The molecule has 15 heteroatoms. The molecule has 1 aliphatic heterocycles. The molecule has 13 nitrogen and oxygen atoms in total. The quantitative estimate of drug-likeness (QED) is 0.167. The van der Waals surface area contributed by atoms with E-state index in [-0.39, 0.29) is 16.3 Å². The van der Waals surface area contributed by atoms with Crippen molar-refractivity contribution in [3.8, 4) is 6.07 Å². The van der Waals surface area contributed by atoms with E-state index in [1.807, 2.05) is 4.90 Å². The van der Waals surface area contributed by atoms with Gasteiger partial charge in [0.05, 0.1) is 15.9 Å². The number of urea groups is 1. The molecular weight excluding hydrogens is 592 g/mol. The maximum atomic E-state index is 12.7. The van der Waals surface area contributed by atoms with Crippen LogP contribution in [0.2, 0.25) is 0 Å². The Bertz CT molecular complexity index is 1710. The summed E-state index contributed by atoms with van der Waals surface area (Å²) in [6.07, 6.45) is 0.484. The van der Waals surface area contributed by atoms with Gasteiger partial charge in [-0.15, -0.1) is 0 Å². The van der Waals surface area contributed by atoms with Gasteiger partial charge in [0.25, 0.3) is 0 Å². The van der Waals surface area contributed by atoms with Crippen molar-refractivity contribution in [1.82, 2.24) is 14.5 Å². The molecule has 0 saturated carbocycles. The standard InChI is InChI=1S/C28H32N8O5S2/c29-13-2-14-35-15-17-36(18-16-35)27(30)22-3-1-4-24(19-22)34-28(37)33-23-7-11-26(12-8-23)43(40,41)32-20-21-5-9-25(10-6-21)42(31,38)39/h1,3-12,19,30,32H,2,14-18,20H2,(H2,31,38,39)(H2,33,34,37). The summed E-state index contributed by atoms with van der Waals surface area (Å²) in [4.78, 5) is 16.7. The SMILES string of the molecule is N#CCCN1CCN(C(=N)c2cccc(NC(=O)Nc3ccc(S(=O)(=O)NCc4ccc(S(N)(=O)=O)cc4)cc3)c2)CC1.